The van der Waals surface area contributed by atoms with E-state index in [1.165, 1.54) is 12.1 Å². The molecule has 2 aromatic rings. The minimum atomic E-state index is -0.698. The number of ether oxygens (including phenoxy) is 1. The molecule has 0 aliphatic rings. The zero-order valence-corrected chi connectivity index (χ0v) is 10.9. The standard InChI is InChI=1S/C15H14F3NO/c1-9(19)11-2-3-15(14(18)6-11)20-8-10-4-12(16)7-13(17)5-10/h2-7,9H,8,19H2,1H3/t9-/m0/s1. The van der Waals surface area contributed by atoms with E-state index >= 15 is 0 Å². The van der Waals surface area contributed by atoms with E-state index in [-0.39, 0.29) is 24.0 Å². The van der Waals surface area contributed by atoms with Crippen LogP contribution in [0.4, 0.5) is 13.2 Å². The highest BCUT2D eigenvalue weighted by molar-refractivity contribution is 5.31. The smallest absolute Gasteiger partial charge is 0.165 e. The fourth-order valence-electron chi connectivity index (χ4n) is 1.77. The van der Waals surface area contributed by atoms with Crippen molar-refractivity contribution in [3.8, 4) is 5.75 Å². The Kier molecular flexibility index (Phi) is 4.29. The number of rotatable bonds is 4. The number of benzene rings is 2. The van der Waals surface area contributed by atoms with Gasteiger partial charge in [-0.2, -0.15) is 0 Å². The van der Waals surface area contributed by atoms with Gasteiger partial charge >= 0.3 is 0 Å². The average molecular weight is 281 g/mol. The summed E-state index contributed by atoms with van der Waals surface area (Å²) in [4.78, 5) is 0. The second-order valence-corrected chi connectivity index (χ2v) is 4.54. The normalized spacial score (nSPS) is 12.2. The zero-order valence-electron chi connectivity index (χ0n) is 10.9. The molecule has 2 aromatic carbocycles. The lowest BCUT2D eigenvalue weighted by atomic mass is 10.1. The molecule has 2 N–H and O–H groups in total. The Morgan fingerprint density at radius 2 is 1.70 bits per heavy atom. The molecule has 0 fully saturated rings. The van der Waals surface area contributed by atoms with Gasteiger partial charge in [-0.25, -0.2) is 13.2 Å². The van der Waals surface area contributed by atoms with Gasteiger partial charge in [0.05, 0.1) is 0 Å². The molecule has 0 saturated heterocycles. The first-order chi connectivity index (χ1) is 9.45. The zero-order chi connectivity index (χ0) is 14.7. The van der Waals surface area contributed by atoms with Crippen LogP contribution >= 0.6 is 0 Å². The highest BCUT2D eigenvalue weighted by Gasteiger charge is 2.08. The van der Waals surface area contributed by atoms with Crippen LogP contribution in [0.25, 0.3) is 0 Å². The largest absolute Gasteiger partial charge is 0.486 e. The van der Waals surface area contributed by atoms with Gasteiger partial charge in [0.1, 0.15) is 18.2 Å². The molecule has 0 saturated carbocycles. The summed E-state index contributed by atoms with van der Waals surface area (Å²) in [6, 6.07) is 7.14. The Morgan fingerprint density at radius 3 is 2.25 bits per heavy atom. The molecule has 106 valence electrons. The van der Waals surface area contributed by atoms with Crippen molar-refractivity contribution < 1.29 is 17.9 Å². The Hall–Kier alpha value is -2.01. The van der Waals surface area contributed by atoms with Gasteiger partial charge in [0.15, 0.2) is 11.6 Å². The van der Waals surface area contributed by atoms with Crippen LogP contribution in [0.1, 0.15) is 24.1 Å². The Bertz CT molecular complexity index is 594. The minimum absolute atomic E-state index is 0.0130. The molecule has 2 nitrogen and oxygen atoms in total. The van der Waals surface area contributed by atoms with Crippen molar-refractivity contribution in [1.82, 2.24) is 0 Å². The summed E-state index contributed by atoms with van der Waals surface area (Å²) in [5.41, 5.74) is 6.58. The number of hydrogen-bond acceptors (Lipinski definition) is 2. The Balaban J connectivity index is 2.11. The first kappa shape index (κ1) is 14.4. The summed E-state index contributed by atoms with van der Waals surface area (Å²) < 4.78 is 44.9. The van der Waals surface area contributed by atoms with E-state index in [2.05, 4.69) is 0 Å². The third-order valence-electron chi connectivity index (χ3n) is 2.80. The molecule has 5 heteroatoms. The lowest BCUT2D eigenvalue weighted by molar-refractivity contribution is 0.289. The summed E-state index contributed by atoms with van der Waals surface area (Å²) in [5, 5.41) is 0. The third kappa shape index (κ3) is 3.51. The molecular formula is C15H14F3NO. The molecule has 0 aliphatic carbocycles. The van der Waals surface area contributed by atoms with Crippen molar-refractivity contribution in [2.24, 2.45) is 5.73 Å². The van der Waals surface area contributed by atoms with Crippen LogP contribution in [-0.2, 0) is 6.61 Å². The van der Waals surface area contributed by atoms with E-state index in [0.717, 1.165) is 18.2 Å². The molecule has 0 heterocycles. The van der Waals surface area contributed by atoms with E-state index in [4.69, 9.17) is 10.5 Å². The first-order valence-electron chi connectivity index (χ1n) is 6.08. The molecular weight excluding hydrogens is 267 g/mol. The summed E-state index contributed by atoms with van der Waals surface area (Å²) >= 11 is 0. The monoisotopic (exact) mass is 281 g/mol. The van der Waals surface area contributed by atoms with E-state index in [1.54, 1.807) is 13.0 Å². The third-order valence-corrected chi connectivity index (χ3v) is 2.80. The van der Waals surface area contributed by atoms with Gasteiger partial charge in [-0.1, -0.05) is 6.07 Å². The minimum Gasteiger partial charge on any atom is -0.486 e. The maximum atomic E-state index is 13.7. The molecule has 20 heavy (non-hydrogen) atoms. The van der Waals surface area contributed by atoms with Crippen LogP contribution in [0, 0.1) is 17.5 Å². The maximum absolute atomic E-state index is 13.7. The van der Waals surface area contributed by atoms with Crippen molar-refractivity contribution in [3.05, 3.63) is 65.0 Å². The van der Waals surface area contributed by atoms with Crippen LogP contribution < -0.4 is 10.5 Å². The fourth-order valence-corrected chi connectivity index (χ4v) is 1.77. The molecule has 0 bridgehead atoms. The molecule has 0 amide bonds. The highest BCUT2D eigenvalue weighted by atomic mass is 19.1. The molecule has 2 rings (SSSR count). The van der Waals surface area contributed by atoms with Gasteiger partial charge in [-0.05, 0) is 42.3 Å². The van der Waals surface area contributed by atoms with Crippen LogP contribution in [0.5, 0.6) is 5.75 Å². The summed E-state index contributed by atoms with van der Waals surface area (Å²) in [6.07, 6.45) is 0. The van der Waals surface area contributed by atoms with Gasteiger partial charge in [-0.3, -0.25) is 0 Å². The van der Waals surface area contributed by atoms with Crippen molar-refractivity contribution in [2.75, 3.05) is 0 Å². The predicted molar refractivity (Wildman–Crippen MR) is 69.7 cm³/mol. The van der Waals surface area contributed by atoms with Crippen molar-refractivity contribution in [1.29, 1.82) is 0 Å². The Morgan fingerprint density at radius 1 is 1.05 bits per heavy atom. The quantitative estimate of drug-likeness (QED) is 0.927. The van der Waals surface area contributed by atoms with Crippen molar-refractivity contribution in [2.45, 2.75) is 19.6 Å². The van der Waals surface area contributed by atoms with Crippen LogP contribution in [0.3, 0.4) is 0 Å². The van der Waals surface area contributed by atoms with Gasteiger partial charge in [0.25, 0.3) is 0 Å². The predicted octanol–water partition coefficient (Wildman–Crippen LogP) is 3.70. The molecule has 0 radical (unpaired) electrons. The van der Waals surface area contributed by atoms with Crippen LogP contribution in [0.2, 0.25) is 0 Å². The van der Waals surface area contributed by atoms with E-state index in [1.807, 2.05) is 0 Å². The molecule has 0 spiro atoms. The summed E-state index contributed by atoms with van der Waals surface area (Å²) in [7, 11) is 0. The van der Waals surface area contributed by atoms with Crippen molar-refractivity contribution >= 4 is 0 Å². The molecule has 1 atom stereocenters. The average Bonchev–Trinajstić information content (AvgIpc) is 2.36. The summed E-state index contributed by atoms with van der Waals surface area (Å²) in [5.74, 6) is -1.94. The lowest BCUT2D eigenvalue weighted by Gasteiger charge is -2.10. The highest BCUT2D eigenvalue weighted by Crippen LogP contribution is 2.22. The molecule has 0 aliphatic heterocycles. The fraction of sp³-hybridized carbons (Fsp3) is 0.200. The Labute approximate surface area is 115 Å². The second-order valence-electron chi connectivity index (χ2n) is 4.54. The number of nitrogens with two attached hydrogens (primary N) is 1. The van der Waals surface area contributed by atoms with Gasteiger partial charge in [-0.15, -0.1) is 0 Å². The van der Waals surface area contributed by atoms with Gasteiger partial charge < -0.3 is 10.5 Å². The second kappa shape index (κ2) is 5.96. The van der Waals surface area contributed by atoms with Gasteiger partial charge in [0, 0.05) is 12.1 Å². The van der Waals surface area contributed by atoms with Crippen LogP contribution in [0.15, 0.2) is 36.4 Å². The first-order valence-corrected chi connectivity index (χ1v) is 6.08. The van der Waals surface area contributed by atoms with Gasteiger partial charge in [0.2, 0.25) is 0 Å². The molecule has 0 unspecified atom stereocenters. The van der Waals surface area contributed by atoms with Crippen LogP contribution in [-0.4, -0.2) is 0 Å². The SMILES string of the molecule is C[C@H](N)c1ccc(OCc2cc(F)cc(F)c2)c(F)c1. The van der Waals surface area contributed by atoms with E-state index in [0.29, 0.717) is 5.56 Å². The van der Waals surface area contributed by atoms with E-state index in [9.17, 15) is 13.2 Å². The number of hydrogen-bond donors (Lipinski definition) is 1. The number of halogens is 3. The lowest BCUT2D eigenvalue weighted by Crippen LogP contribution is -2.06. The van der Waals surface area contributed by atoms with E-state index < -0.39 is 17.5 Å². The maximum Gasteiger partial charge on any atom is 0.165 e. The topological polar surface area (TPSA) is 35.2 Å². The molecule has 0 aromatic heterocycles. The summed E-state index contributed by atoms with van der Waals surface area (Å²) in [6.45, 7) is 1.62. The van der Waals surface area contributed by atoms with Crippen molar-refractivity contribution in [3.63, 3.8) is 0 Å².